The summed E-state index contributed by atoms with van der Waals surface area (Å²) in [6, 6.07) is 5.97. The highest BCUT2D eigenvalue weighted by atomic mass is 35.5. The van der Waals surface area contributed by atoms with Crippen molar-refractivity contribution in [3.05, 3.63) is 29.3 Å². The van der Waals surface area contributed by atoms with E-state index in [1.807, 2.05) is 4.90 Å². The second-order valence-electron chi connectivity index (χ2n) is 11.2. The third-order valence-electron chi connectivity index (χ3n) is 8.22. The van der Waals surface area contributed by atoms with Gasteiger partial charge in [-0.05, 0) is 55.3 Å². The summed E-state index contributed by atoms with van der Waals surface area (Å²) in [6.07, 6.45) is 2.85. The Morgan fingerprint density at radius 3 is 2.55 bits per heavy atom. The van der Waals surface area contributed by atoms with E-state index in [-0.39, 0.29) is 34.6 Å². The monoisotopic (exact) mass is 639 g/mol. The molecule has 0 saturated carbocycles. The van der Waals surface area contributed by atoms with E-state index in [1.54, 1.807) is 24.3 Å². The molecule has 1 N–H and O–H groups in total. The van der Waals surface area contributed by atoms with Crippen molar-refractivity contribution < 1.29 is 27.5 Å². The molecule has 4 heterocycles. The lowest BCUT2D eigenvalue weighted by Gasteiger charge is -2.38. The lowest BCUT2D eigenvalue weighted by Crippen LogP contribution is -2.56. The van der Waals surface area contributed by atoms with E-state index in [0.29, 0.717) is 37.6 Å². The zero-order valence-corrected chi connectivity index (χ0v) is 26.2. The summed E-state index contributed by atoms with van der Waals surface area (Å²) in [7, 11) is -3.92. The maximum Gasteiger partial charge on any atom is 0.302 e. The largest absolute Gasteiger partial charge is 0.465 e. The number of nitrogens with zero attached hydrogens (tertiary/aromatic N) is 4. The van der Waals surface area contributed by atoms with Crippen LogP contribution in [0.5, 0.6) is 0 Å². The first kappa shape index (κ1) is 31.1. The molecular formula is C28H38ClN5O6S2. The van der Waals surface area contributed by atoms with Crippen LogP contribution < -0.4 is 4.72 Å². The number of sulfonamides is 1. The summed E-state index contributed by atoms with van der Waals surface area (Å²) < 4.78 is 34.9. The quantitative estimate of drug-likeness (QED) is 0.392. The van der Waals surface area contributed by atoms with Gasteiger partial charge in [-0.2, -0.15) is 4.72 Å². The fourth-order valence-corrected chi connectivity index (χ4v) is 8.79. The molecule has 3 fully saturated rings. The number of amides is 2. The second kappa shape index (κ2) is 13.6. The van der Waals surface area contributed by atoms with E-state index in [9.17, 15) is 22.8 Å². The number of likely N-dealkylation sites (tertiary alicyclic amines) is 2. The number of rotatable bonds is 10. The van der Waals surface area contributed by atoms with Gasteiger partial charge in [-0.25, -0.2) is 8.42 Å². The summed E-state index contributed by atoms with van der Waals surface area (Å²) in [5.41, 5.74) is 0. The van der Waals surface area contributed by atoms with Crippen LogP contribution in [0, 0.1) is 0 Å². The number of nitrogens with one attached hydrogen (secondary N) is 1. The van der Waals surface area contributed by atoms with Gasteiger partial charge < -0.3 is 14.5 Å². The average Bonchev–Trinajstić information content (AvgIpc) is 3.59. The highest BCUT2D eigenvalue weighted by Crippen LogP contribution is 2.31. The molecule has 5 rings (SSSR count). The number of esters is 1. The maximum atomic E-state index is 13.4. The molecule has 3 aliphatic rings. The number of thiophene rings is 1. The molecule has 0 spiro atoms. The fraction of sp³-hybridized carbons (Fsp3) is 0.607. The van der Waals surface area contributed by atoms with Gasteiger partial charge in [0.15, 0.2) is 0 Å². The molecule has 1 aromatic heterocycles. The van der Waals surface area contributed by atoms with Crippen molar-refractivity contribution in [2.45, 2.75) is 48.9 Å². The number of hydrogen-bond donors (Lipinski definition) is 1. The summed E-state index contributed by atoms with van der Waals surface area (Å²) in [6.45, 7) is 7.93. The number of halogens is 1. The van der Waals surface area contributed by atoms with E-state index in [2.05, 4.69) is 14.5 Å². The number of ether oxygens (including phenoxy) is 1. The first-order valence-corrected chi connectivity index (χ1v) is 17.1. The van der Waals surface area contributed by atoms with Gasteiger partial charge in [0, 0.05) is 75.0 Å². The molecule has 2 atom stereocenters. The zero-order chi connectivity index (χ0) is 29.9. The average molecular weight is 640 g/mol. The second-order valence-corrected chi connectivity index (χ2v) is 14.6. The number of piperidine rings is 1. The minimum absolute atomic E-state index is 0.0428. The summed E-state index contributed by atoms with van der Waals surface area (Å²) in [5, 5.41) is 1.26. The van der Waals surface area contributed by atoms with Gasteiger partial charge in [0.1, 0.15) is 16.9 Å². The van der Waals surface area contributed by atoms with E-state index in [4.69, 9.17) is 16.3 Å². The Labute approximate surface area is 255 Å². The van der Waals surface area contributed by atoms with E-state index < -0.39 is 16.1 Å². The molecule has 1 aromatic carbocycles. The highest BCUT2D eigenvalue weighted by Gasteiger charge is 2.37. The molecule has 0 unspecified atom stereocenters. The normalized spacial score (nSPS) is 22.7. The van der Waals surface area contributed by atoms with Crippen LogP contribution in [0.25, 0.3) is 10.1 Å². The Hall–Kier alpha value is -2.29. The number of piperazine rings is 1. The standard InChI is InChI=1S/C28H38ClN5O6S2/c1-20(35)40-15-14-31-10-12-32(13-11-31)18-23-4-2-9-34(23)26(36)19-33-8-3-5-24(28(33)37)30-42(38,39)27-17-21-16-22(29)6-7-25(21)41-27/h6-7,16-17,23-24,30H,2-5,8-15,18-19H2,1H3/t23-,24-/m0/s1. The van der Waals surface area contributed by atoms with Crippen molar-refractivity contribution in [2.24, 2.45) is 0 Å². The zero-order valence-electron chi connectivity index (χ0n) is 23.8. The third kappa shape index (κ3) is 7.61. The lowest BCUT2D eigenvalue weighted by atomic mass is 10.1. The van der Waals surface area contributed by atoms with Crippen LogP contribution in [0.15, 0.2) is 28.5 Å². The number of benzene rings is 1. The molecule has 0 aliphatic carbocycles. The van der Waals surface area contributed by atoms with Crippen LogP contribution in [0.4, 0.5) is 0 Å². The predicted octanol–water partition coefficient (Wildman–Crippen LogP) is 2.00. The molecule has 42 heavy (non-hydrogen) atoms. The molecule has 3 saturated heterocycles. The highest BCUT2D eigenvalue weighted by molar-refractivity contribution is 7.91. The Kier molecular flexibility index (Phi) is 10.1. The van der Waals surface area contributed by atoms with Gasteiger partial charge >= 0.3 is 5.97 Å². The number of fused-ring (bicyclic) bond motifs is 1. The van der Waals surface area contributed by atoms with Crippen molar-refractivity contribution in [3.63, 3.8) is 0 Å². The minimum Gasteiger partial charge on any atom is -0.465 e. The number of carbonyl (C=O) groups is 3. The molecule has 0 radical (unpaired) electrons. The predicted molar refractivity (Wildman–Crippen MR) is 161 cm³/mol. The maximum absolute atomic E-state index is 13.4. The van der Waals surface area contributed by atoms with Gasteiger partial charge in [0.25, 0.3) is 10.0 Å². The van der Waals surface area contributed by atoms with Crippen LogP contribution >= 0.6 is 22.9 Å². The summed E-state index contributed by atoms with van der Waals surface area (Å²) in [5.74, 6) is -0.709. The Morgan fingerprint density at radius 1 is 1.05 bits per heavy atom. The van der Waals surface area contributed by atoms with Crippen molar-refractivity contribution in [2.75, 3.05) is 65.5 Å². The lowest BCUT2D eigenvalue weighted by molar-refractivity contribution is -0.143. The van der Waals surface area contributed by atoms with Crippen LogP contribution in [0.1, 0.15) is 32.6 Å². The molecule has 0 bridgehead atoms. The first-order chi connectivity index (χ1) is 20.1. The van der Waals surface area contributed by atoms with Crippen molar-refractivity contribution in [3.8, 4) is 0 Å². The van der Waals surface area contributed by atoms with E-state index in [1.165, 1.54) is 11.8 Å². The molecular weight excluding hydrogens is 602 g/mol. The number of carbonyl (C=O) groups excluding carboxylic acids is 3. The van der Waals surface area contributed by atoms with Crippen molar-refractivity contribution in [1.29, 1.82) is 0 Å². The van der Waals surface area contributed by atoms with E-state index in [0.717, 1.165) is 73.5 Å². The molecule has 2 aromatic rings. The Bertz CT molecular complexity index is 1410. The fourth-order valence-electron chi connectivity index (χ4n) is 5.99. The summed E-state index contributed by atoms with van der Waals surface area (Å²) in [4.78, 5) is 45.7. The first-order valence-electron chi connectivity index (χ1n) is 14.5. The van der Waals surface area contributed by atoms with Crippen molar-refractivity contribution in [1.82, 2.24) is 24.3 Å². The van der Waals surface area contributed by atoms with E-state index >= 15 is 0 Å². The van der Waals surface area contributed by atoms with Gasteiger partial charge in [0.05, 0.1) is 6.54 Å². The van der Waals surface area contributed by atoms with Gasteiger partial charge in [0.2, 0.25) is 11.8 Å². The van der Waals surface area contributed by atoms with Crippen LogP contribution in [0.2, 0.25) is 5.02 Å². The molecule has 11 nitrogen and oxygen atoms in total. The van der Waals surface area contributed by atoms with Crippen molar-refractivity contribution >= 4 is 60.8 Å². The smallest absolute Gasteiger partial charge is 0.302 e. The van der Waals surface area contributed by atoms with Crippen LogP contribution in [0.3, 0.4) is 0 Å². The van der Waals surface area contributed by atoms with Gasteiger partial charge in [-0.3, -0.25) is 24.2 Å². The molecule has 230 valence electrons. The summed E-state index contributed by atoms with van der Waals surface area (Å²) >= 11 is 7.18. The molecule has 3 aliphatic heterocycles. The van der Waals surface area contributed by atoms with Crippen LogP contribution in [-0.4, -0.2) is 123 Å². The minimum atomic E-state index is -3.92. The molecule has 2 amide bonds. The van der Waals surface area contributed by atoms with Crippen LogP contribution in [-0.2, 0) is 29.1 Å². The Morgan fingerprint density at radius 2 is 1.79 bits per heavy atom. The molecule has 14 heteroatoms. The van der Waals surface area contributed by atoms with Gasteiger partial charge in [-0.15, -0.1) is 11.3 Å². The topological polar surface area (TPSA) is 120 Å². The van der Waals surface area contributed by atoms with Gasteiger partial charge in [-0.1, -0.05) is 11.6 Å². The number of hydrogen-bond acceptors (Lipinski definition) is 9. The third-order valence-corrected chi connectivity index (χ3v) is 11.5. The Balaban J connectivity index is 1.13. The SMILES string of the molecule is CC(=O)OCCN1CCN(C[C@@H]2CCCN2C(=O)CN2CCC[C@H](NS(=O)(=O)c3cc4cc(Cl)ccc4s3)C2=O)CC1.